The molecule has 0 saturated carbocycles. The van der Waals surface area contributed by atoms with Crippen molar-refractivity contribution in [1.82, 2.24) is 9.97 Å². The van der Waals surface area contributed by atoms with Crippen molar-refractivity contribution in [2.75, 3.05) is 0 Å². The molecule has 2 rings (SSSR count). The molecule has 68 valence electrons. The summed E-state index contributed by atoms with van der Waals surface area (Å²) in [5.74, 6) is 0. The van der Waals surface area contributed by atoms with E-state index in [1.807, 2.05) is 22.6 Å². The summed E-state index contributed by atoms with van der Waals surface area (Å²) in [7, 11) is 0. The minimum absolute atomic E-state index is 0.0110. The number of halogens is 3. The van der Waals surface area contributed by atoms with Gasteiger partial charge in [0.15, 0.2) is 0 Å². The van der Waals surface area contributed by atoms with Crippen LogP contribution in [0.2, 0.25) is 0 Å². The van der Waals surface area contributed by atoms with E-state index in [1.54, 1.807) is 6.07 Å². The van der Waals surface area contributed by atoms with Crippen LogP contribution in [-0.2, 0) is 0 Å². The lowest BCUT2D eigenvalue weighted by atomic mass is 10.2. The Hall–Kier alpha value is -0.720. The molecule has 0 aliphatic carbocycles. The summed E-state index contributed by atoms with van der Waals surface area (Å²) in [5.41, 5.74) is 1.00. The number of alkyl halides is 2. The highest BCUT2D eigenvalue weighted by Gasteiger charge is 2.13. The monoisotopic (exact) mass is 294 g/mol. The molecule has 13 heavy (non-hydrogen) atoms. The fourth-order valence-electron chi connectivity index (χ4n) is 1.21. The Morgan fingerprint density at radius 2 is 2.15 bits per heavy atom. The molecule has 0 aliphatic rings. The van der Waals surface area contributed by atoms with Crippen LogP contribution in [0.1, 0.15) is 12.0 Å². The van der Waals surface area contributed by atoms with Gasteiger partial charge >= 0.3 is 0 Å². The van der Waals surface area contributed by atoms with Gasteiger partial charge in [0, 0.05) is 9.13 Å². The topological polar surface area (TPSA) is 28.7 Å². The Morgan fingerprint density at radius 3 is 2.85 bits per heavy atom. The number of nitrogens with one attached hydrogen (secondary N) is 1. The molecule has 1 aromatic heterocycles. The smallest absolute Gasteiger partial charge is 0.266 e. The molecule has 0 saturated heterocycles. The maximum atomic E-state index is 12.5. The van der Waals surface area contributed by atoms with E-state index in [9.17, 15) is 8.78 Å². The second kappa shape index (κ2) is 3.21. The number of nitrogens with zero attached hydrogens (tertiary/aromatic N) is 1. The minimum atomic E-state index is -2.47. The lowest BCUT2D eigenvalue weighted by molar-refractivity contribution is 0.153. The summed E-state index contributed by atoms with van der Waals surface area (Å²) < 4.78 is 25.8. The van der Waals surface area contributed by atoms with Crippen LogP contribution in [0.3, 0.4) is 0 Å². The molecule has 0 atom stereocenters. The number of imidazole rings is 1. The number of hydrogen-bond donors (Lipinski definition) is 1. The molecular formula is C8H5F2IN2. The standard InChI is InChI=1S/C8H5F2IN2/c9-8(10)5-1-4(11)2-6-7(5)13-3-12-6/h1-3,8H,(H,12,13). The maximum absolute atomic E-state index is 12.5. The number of hydrogen-bond acceptors (Lipinski definition) is 1. The molecule has 1 N–H and O–H groups in total. The largest absolute Gasteiger partial charge is 0.345 e. The number of rotatable bonds is 1. The molecule has 0 bridgehead atoms. The first-order valence-corrected chi connectivity index (χ1v) is 4.67. The van der Waals surface area contributed by atoms with E-state index in [0.717, 1.165) is 3.57 Å². The van der Waals surface area contributed by atoms with Crippen LogP contribution in [0.15, 0.2) is 18.5 Å². The summed E-state index contributed by atoms with van der Waals surface area (Å²) in [6, 6.07) is 3.24. The van der Waals surface area contributed by atoms with Gasteiger partial charge in [-0.1, -0.05) is 0 Å². The van der Waals surface area contributed by atoms with E-state index >= 15 is 0 Å². The molecule has 1 aromatic carbocycles. The number of benzene rings is 1. The molecule has 1 heterocycles. The van der Waals surface area contributed by atoms with Gasteiger partial charge < -0.3 is 4.98 Å². The van der Waals surface area contributed by atoms with Crippen molar-refractivity contribution < 1.29 is 8.78 Å². The van der Waals surface area contributed by atoms with Crippen molar-refractivity contribution >= 4 is 33.6 Å². The van der Waals surface area contributed by atoms with Gasteiger partial charge in [-0.25, -0.2) is 13.8 Å². The summed E-state index contributed by atoms with van der Waals surface area (Å²) in [6.07, 6.45) is -1.05. The predicted molar refractivity (Wildman–Crippen MR) is 53.8 cm³/mol. The van der Waals surface area contributed by atoms with Gasteiger partial charge in [-0.05, 0) is 34.7 Å². The van der Waals surface area contributed by atoms with Crippen LogP contribution in [0.25, 0.3) is 11.0 Å². The Bertz CT molecular complexity index is 439. The van der Waals surface area contributed by atoms with Crippen molar-refractivity contribution in [3.63, 3.8) is 0 Å². The van der Waals surface area contributed by atoms with Crippen LogP contribution >= 0.6 is 22.6 Å². The minimum Gasteiger partial charge on any atom is -0.345 e. The van der Waals surface area contributed by atoms with Gasteiger partial charge in [0.1, 0.15) is 0 Å². The van der Waals surface area contributed by atoms with Crippen molar-refractivity contribution in [3.05, 3.63) is 27.6 Å². The van der Waals surface area contributed by atoms with Gasteiger partial charge in [0.05, 0.1) is 17.4 Å². The van der Waals surface area contributed by atoms with Crippen LogP contribution in [-0.4, -0.2) is 9.97 Å². The fourth-order valence-corrected chi connectivity index (χ4v) is 1.85. The molecular weight excluding hydrogens is 289 g/mol. The van der Waals surface area contributed by atoms with Crippen LogP contribution < -0.4 is 0 Å². The molecule has 0 radical (unpaired) electrons. The van der Waals surface area contributed by atoms with E-state index in [-0.39, 0.29) is 5.56 Å². The van der Waals surface area contributed by atoms with Crippen LogP contribution in [0.5, 0.6) is 0 Å². The summed E-state index contributed by atoms with van der Waals surface area (Å²) in [5, 5.41) is 0. The van der Waals surface area contributed by atoms with Crippen molar-refractivity contribution in [1.29, 1.82) is 0 Å². The SMILES string of the molecule is FC(F)c1cc(I)cc2[nH]cnc12. The average Bonchev–Trinajstić information content (AvgIpc) is 2.49. The molecule has 2 aromatic rings. The highest BCUT2D eigenvalue weighted by molar-refractivity contribution is 14.1. The summed E-state index contributed by atoms with van der Waals surface area (Å²) in [6.45, 7) is 0. The molecule has 0 amide bonds. The third-order valence-corrected chi connectivity index (χ3v) is 2.38. The molecule has 0 spiro atoms. The summed E-state index contributed by atoms with van der Waals surface area (Å²) in [4.78, 5) is 6.65. The van der Waals surface area contributed by atoms with Gasteiger partial charge in [-0.3, -0.25) is 0 Å². The van der Waals surface area contributed by atoms with E-state index in [2.05, 4.69) is 9.97 Å². The Morgan fingerprint density at radius 1 is 1.38 bits per heavy atom. The van der Waals surface area contributed by atoms with E-state index in [4.69, 9.17) is 0 Å². The molecule has 0 unspecified atom stereocenters. The van der Waals surface area contributed by atoms with E-state index in [1.165, 1.54) is 12.4 Å². The first-order valence-electron chi connectivity index (χ1n) is 3.59. The first-order chi connectivity index (χ1) is 6.18. The first kappa shape index (κ1) is 8.86. The normalized spacial score (nSPS) is 11.4. The zero-order chi connectivity index (χ0) is 9.42. The number of aromatic amines is 1. The van der Waals surface area contributed by atoms with Crippen LogP contribution in [0.4, 0.5) is 8.78 Å². The van der Waals surface area contributed by atoms with E-state index in [0.29, 0.717) is 11.0 Å². The fraction of sp³-hybridized carbons (Fsp3) is 0.125. The summed E-state index contributed by atoms with van der Waals surface area (Å²) >= 11 is 2.00. The second-order valence-corrected chi connectivity index (χ2v) is 3.84. The third kappa shape index (κ3) is 1.52. The lowest BCUT2D eigenvalue weighted by Gasteiger charge is -2.01. The third-order valence-electron chi connectivity index (χ3n) is 1.75. The van der Waals surface area contributed by atoms with Crippen molar-refractivity contribution in [2.45, 2.75) is 6.43 Å². The highest BCUT2D eigenvalue weighted by atomic mass is 127. The van der Waals surface area contributed by atoms with Crippen molar-refractivity contribution in [3.8, 4) is 0 Å². The van der Waals surface area contributed by atoms with Gasteiger partial charge in [-0.2, -0.15) is 0 Å². The second-order valence-electron chi connectivity index (χ2n) is 2.59. The zero-order valence-corrected chi connectivity index (χ0v) is 8.55. The lowest BCUT2D eigenvalue weighted by Crippen LogP contribution is -1.88. The Kier molecular flexibility index (Phi) is 2.19. The quantitative estimate of drug-likeness (QED) is 0.804. The number of H-pyrrole nitrogens is 1. The van der Waals surface area contributed by atoms with E-state index < -0.39 is 6.43 Å². The molecule has 5 heteroatoms. The Balaban J connectivity index is 2.77. The van der Waals surface area contributed by atoms with Gasteiger partial charge in [0.25, 0.3) is 6.43 Å². The van der Waals surface area contributed by atoms with Crippen LogP contribution in [0, 0.1) is 3.57 Å². The zero-order valence-electron chi connectivity index (χ0n) is 6.39. The van der Waals surface area contributed by atoms with Crippen molar-refractivity contribution in [2.24, 2.45) is 0 Å². The molecule has 0 aliphatic heterocycles. The number of aromatic nitrogens is 2. The number of fused-ring (bicyclic) bond motifs is 1. The highest BCUT2D eigenvalue weighted by Crippen LogP contribution is 2.27. The Labute approximate surface area is 86.5 Å². The average molecular weight is 294 g/mol. The van der Waals surface area contributed by atoms with Gasteiger partial charge in [-0.15, -0.1) is 0 Å². The molecule has 2 nitrogen and oxygen atoms in total. The maximum Gasteiger partial charge on any atom is 0.266 e. The predicted octanol–water partition coefficient (Wildman–Crippen LogP) is 3.11. The molecule has 0 fully saturated rings. The van der Waals surface area contributed by atoms with Gasteiger partial charge in [0.2, 0.25) is 0 Å².